The van der Waals surface area contributed by atoms with Gasteiger partial charge in [0, 0.05) is 11.4 Å². The Kier molecular flexibility index (Phi) is 5.24. The molecule has 0 aromatic carbocycles. The summed E-state index contributed by atoms with van der Waals surface area (Å²) in [6, 6.07) is 0. The number of unbranched alkanes of at least 4 members (excludes halogenated alkanes) is 2. The average molecular weight is 235 g/mol. The van der Waals surface area contributed by atoms with Crippen LogP contribution < -0.4 is 0 Å². The summed E-state index contributed by atoms with van der Waals surface area (Å²) in [4.78, 5) is 0.603. The lowest BCUT2D eigenvalue weighted by molar-refractivity contribution is 0.108. The summed E-state index contributed by atoms with van der Waals surface area (Å²) in [7, 11) is 0. The molecule has 12 heavy (non-hydrogen) atoms. The van der Waals surface area contributed by atoms with E-state index >= 15 is 0 Å². The third-order valence-corrected chi connectivity index (χ3v) is 3.50. The van der Waals surface area contributed by atoms with Crippen molar-refractivity contribution in [3.63, 3.8) is 0 Å². The molecular weight excluding hydrogens is 216 g/mol. The fourth-order valence-electron chi connectivity index (χ4n) is 1.66. The van der Waals surface area contributed by atoms with E-state index in [0.29, 0.717) is 10.9 Å². The molecule has 0 saturated carbocycles. The van der Waals surface area contributed by atoms with Crippen LogP contribution in [0.3, 0.4) is 0 Å². The molecule has 1 aliphatic heterocycles. The lowest BCUT2D eigenvalue weighted by atomic mass is 10.1. The van der Waals surface area contributed by atoms with Gasteiger partial charge in [0.1, 0.15) is 0 Å². The molecule has 1 aliphatic rings. The van der Waals surface area contributed by atoms with Gasteiger partial charge in [0.25, 0.3) is 0 Å². The molecule has 72 valence electrons. The second-order valence-electron chi connectivity index (χ2n) is 3.56. The van der Waals surface area contributed by atoms with Gasteiger partial charge in [-0.3, -0.25) is 0 Å². The third kappa shape index (κ3) is 3.44. The molecule has 0 aromatic rings. The molecule has 1 saturated heterocycles. The number of hydrogen-bond acceptors (Lipinski definition) is 1. The van der Waals surface area contributed by atoms with Gasteiger partial charge in [0.15, 0.2) is 0 Å². The predicted octanol–water partition coefficient (Wildman–Crippen LogP) is 3.51. The Bertz CT molecular complexity index is 110. The first-order chi connectivity index (χ1) is 5.84. The van der Waals surface area contributed by atoms with E-state index in [1.54, 1.807) is 0 Å². The summed E-state index contributed by atoms with van der Waals surface area (Å²) in [5.41, 5.74) is 0. The van der Waals surface area contributed by atoms with Gasteiger partial charge in [-0.05, 0) is 19.3 Å². The zero-order valence-corrected chi connectivity index (χ0v) is 9.48. The van der Waals surface area contributed by atoms with Gasteiger partial charge < -0.3 is 4.74 Å². The minimum atomic E-state index is 0.502. The number of ether oxygens (including phenoxy) is 1. The van der Waals surface area contributed by atoms with Crippen molar-refractivity contribution in [2.75, 3.05) is 6.61 Å². The fourth-order valence-corrected chi connectivity index (χ4v) is 2.40. The Morgan fingerprint density at radius 2 is 2.33 bits per heavy atom. The van der Waals surface area contributed by atoms with Crippen LogP contribution in [0.1, 0.15) is 45.4 Å². The molecule has 0 bridgehead atoms. The van der Waals surface area contributed by atoms with Gasteiger partial charge in [0.2, 0.25) is 0 Å². The molecule has 1 fully saturated rings. The van der Waals surface area contributed by atoms with Crippen molar-refractivity contribution in [1.82, 2.24) is 0 Å². The Morgan fingerprint density at radius 3 is 2.92 bits per heavy atom. The van der Waals surface area contributed by atoms with Gasteiger partial charge in [-0.15, -0.1) is 0 Å². The molecule has 2 atom stereocenters. The Labute approximate surface area is 84.0 Å². The van der Waals surface area contributed by atoms with Crippen molar-refractivity contribution in [1.29, 1.82) is 0 Å². The smallest absolute Gasteiger partial charge is 0.0700 e. The van der Waals surface area contributed by atoms with Gasteiger partial charge in [0.05, 0.1) is 6.10 Å². The number of alkyl halides is 1. The number of halogens is 1. The first-order valence-electron chi connectivity index (χ1n) is 5.10. The Hall–Kier alpha value is 0.440. The van der Waals surface area contributed by atoms with E-state index in [-0.39, 0.29) is 0 Å². The monoisotopic (exact) mass is 234 g/mol. The summed E-state index contributed by atoms with van der Waals surface area (Å²) in [5, 5.41) is 0. The van der Waals surface area contributed by atoms with Crippen molar-refractivity contribution in [3.8, 4) is 0 Å². The minimum Gasteiger partial charge on any atom is -0.377 e. The first kappa shape index (κ1) is 10.5. The standard InChI is InChI=1S/C10H19BrO/c1-2-3-4-6-9(11)10-7-5-8-12-10/h9-10H,2-8H2,1H3/t9-,10+/m0/s1. The van der Waals surface area contributed by atoms with Crippen LogP contribution in [0.5, 0.6) is 0 Å². The first-order valence-corrected chi connectivity index (χ1v) is 6.02. The fraction of sp³-hybridized carbons (Fsp3) is 1.00. The van der Waals surface area contributed by atoms with E-state index < -0.39 is 0 Å². The number of hydrogen-bond donors (Lipinski definition) is 0. The quantitative estimate of drug-likeness (QED) is 0.523. The highest BCUT2D eigenvalue weighted by Gasteiger charge is 2.22. The lowest BCUT2D eigenvalue weighted by Gasteiger charge is -2.16. The molecule has 0 unspecified atom stereocenters. The normalized spacial score (nSPS) is 26.0. The van der Waals surface area contributed by atoms with E-state index in [1.165, 1.54) is 38.5 Å². The molecule has 1 heterocycles. The van der Waals surface area contributed by atoms with Crippen molar-refractivity contribution < 1.29 is 4.74 Å². The molecule has 0 aromatic heterocycles. The topological polar surface area (TPSA) is 9.23 Å². The van der Waals surface area contributed by atoms with E-state index in [0.717, 1.165) is 6.61 Å². The summed E-state index contributed by atoms with van der Waals surface area (Å²) < 4.78 is 5.60. The third-order valence-electron chi connectivity index (χ3n) is 2.45. The molecule has 0 N–H and O–H groups in total. The molecule has 1 rings (SSSR count). The van der Waals surface area contributed by atoms with E-state index in [9.17, 15) is 0 Å². The van der Waals surface area contributed by atoms with Crippen LogP contribution in [-0.2, 0) is 4.74 Å². The van der Waals surface area contributed by atoms with Crippen molar-refractivity contribution in [3.05, 3.63) is 0 Å². The summed E-state index contributed by atoms with van der Waals surface area (Å²) in [5.74, 6) is 0. The van der Waals surface area contributed by atoms with Crippen molar-refractivity contribution in [2.24, 2.45) is 0 Å². The summed E-state index contributed by atoms with van der Waals surface area (Å²) in [6.45, 7) is 3.22. The average Bonchev–Trinajstić information content (AvgIpc) is 2.56. The van der Waals surface area contributed by atoms with Crippen LogP contribution in [0.25, 0.3) is 0 Å². The van der Waals surface area contributed by atoms with Crippen LogP contribution in [0.4, 0.5) is 0 Å². The van der Waals surface area contributed by atoms with Crippen molar-refractivity contribution in [2.45, 2.75) is 56.4 Å². The largest absolute Gasteiger partial charge is 0.377 e. The summed E-state index contributed by atoms with van der Waals surface area (Å²) in [6.07, 6.45) is 8.29. The molecule has 1 nitrogen and oxygen atoms in total. The predicted molar refractivity (Wildman–Crippen MR) is 55.8 cm³/mol. The molecule has 0 aliphatic carbocycles. The summed E-state index contributed by atoms with van der Waals surface area (Å²) >= 11 is 3.71. The van der Waals surface area contributed by atoms with Gasteiger partial charge in [-0.2, -0.15) is 0 Å². The van der Waals surface area contributed by atoms with Gasteiger partial charge in [-0.25, -0.2) is 0 Å². The van der Waals surface area contributed by atoms with Crippen LogP contribution >= 0.6 is 15.9 Å². The van der Waals surface area contributed by atoms with Crippen LogP contribution in [0, 0.1) is 0 Å². The second kappa shape index (κ2) is 5.98. The lowest BCUT2D eigenvalue weighted by Crippen LogP contribution is -2.19. The number of rotatable bonds is 5. The SMILES string of the molecule is CCCCC[C@H](Br)[C@H]1CCCO1. The van der Waals surface area contributed by atoms with E-state index in [1.807, 2.05) is 0 Å². The van der Waals surface area contributed by atoms with Crippen molar-refractivity contribution >= 4 is 15.9 Å². The zero-order valence-electron chi connectivity index (χ0n) is 7.89. The van der Waals surface area contributed by atoms with Crippen LogP contribution in [0.2, 0.25) is 0 Å². The maximum absolute atomic E-state index is 5.60. The van der Waals surface area contributed by atoms with Gasteiger partial charge in [-0.1, -0.05) is 42.1 Å². The molecule has 0 spiro atoms. The van der Waals surface area contributed by atoms with Gasteiger partial charge >= 0.3 is 0 Å². The van der Waals surface area contributed by atoms with E-state index in [4.69, 9.17) is 4.74 Å². The van der Waals surface area contributed by atoms with Crippen LogP contribution in [0.15, 0.2) is 0 Å². The maximum Gasteiger partial charge on any atom is 0.0700 e. The second-order valence-corrected chi connectivity index (χ2v) is 4.74. The van der Waals surface area contributed by atoms with E-state index in [2.05, 4.69) is 22.9 Å². The highest BCUT2D eigenvalue weighted by molar-refractivity contribution is 9.09. The Morgan fingerprint density at radius 1 is 1.50 bits per heavy atom. The zero-order chi connectivity index (χ0) is 8.81. The highest BCUT2D eigenvalue weighted by Crippen LogP contribution is 2.24. The molecule has 2 heteroatoms. The minimum absolute atomic E-state index is 0.502. The molecule has 0 amide bonds. The highest BCUT2D eigenvalue weighted by atomic mass is 79.9. The molecule has 0 radical (unpaired) electrons. The van der Waals surface area contributed by atoms with Crippen LogP contribution in [-0.4, -0.2) is 17.5 Å². The Balaban J connectivity index is 2.05. The maximum atomic E-state index is 5.60. The molecular formula is C10H19BrO.